The van der Waals surface area contributed by atoms with Crippen molar-refractivity contribution in [1.82, 2.24) is 4.31 Å². The zero-order chi connectivity index (χ0) is 12.5. The first-order valence-corrected chi connectivity index (χ1v) is 7.01. The van der Waals surface area contributed by atoms with Crippen LogP contribution in [0.15, 0.2) is 23.1 Å². The first-order chi connectivity index (χ1) is 8.07. The number of hydrogen-bond donors (Lipinski definition) is 2. The molecule has 2 rings (SSSR count). The number of phenolic OH excluding ortho intramolecular Hbond substituents is 1. The van der Waals surface area contributed by atoms with E-state index in [1.807, 2.05) is 0 Å². The van der Waals surface area contributed by atoms with Crippen molar-refractivity contribution in [3.05, 3.63) is 18.2 Å². The topological polar surface area (TPSA) is 69.6 Å². The summed E-state index contributed by atoms with van der Waals surface area (Å²) in [5.74, 6) is -0.207. The van der Waals surface area contributed by atoms with Gasteiger partial charge in [-0.2, -0.15) is 4.31 Å². The van der Waals surface area contributed by atoms with Gasteiger partial charge in [0, 0.05) is 20.1 Å². The Morgan fingerprint density at radius 3 is 2.53 bits per heavy atom. The monoisotopic (exact) mass is 256 g/mol. The number of benzene rings is 1. The highest BCUT2D eigenvalue weighted by molar-refractivity contribution is 7.89. The number of rotatable bonds is 3. The quantitative estimate of drug-likeness (QED) is 0.798. The number of anilines is 1. The van der Waals surface area contributed by atoms with Crippen LogP contribution in [0.25, 0.3) is 0 Å². The van der Waals surface area contributed by atoms with Crippen molar-refractivity contribution in [2.24, 2.45) is 0 Å². The fourth-order valence-corrected chi connectivity index (χ4v) is 3.62. The van der Waals surface area contributed by atoms with Crippen LogP contribution in [-0.4, -0.2) is 38.0 Å². The molecular formula is C11H16N2O3S. The third-order valence-corrected chi connectivity index (χ3v) is 4.88. The fourth-order valence-electron chi connectivity index (χ4n) is 2.00. The highest BCUT2D eigenvalue weighted by atomic mass is 32.2. The molecular weight excluding hydrogens is 240 g/mol. The van der Waals surface area contributed by atoms with Crippen LogP contribution >= 0.6 is 0 Å². The second kappa shape index (κ2) is 4.54. The van der Waals surface area contributed by atoms with E-state index in [-0.39, 0.29) is 10.6 Å². The summed E-state index contributed by atoms with van der Waals surface area (Å²) >= 11 is 0. The van der Waals surface area contributed by atoms with E-state index < -0.39 is 10.0 Å². The zero-order valence-electron chi connectivity index (χ0n) is 9.68. The van der Waals surface area contributed by atoms with Crippen LogP contribution in [0.1, 0.15) is 12.8 Å². The smallest absolute Gasteiger partial charge is 0.246 e. The van der Waals surface area contributed by atoms with Crippen LogP contribution in [-0.2, 0) is 10.0 Å². The first-order valence-electron chi connectivity index (χ1n) is 5.57. The van der Waals surface area contributed by atoms with Crippen molar-refractivity contribution in [2.75, 3.05) is 25.5 Å². The molecule has 6 heteroatoms. The maximum atomic E-state index is 12.3. The molecule has 0 spiro atoms. The SMILES string of the molecule is CNc1cccc(S(=O)(=O)N2CCCC2)c1O. The summed E-state index contributed by atoms with van der Waals surface area (Å²) in [5, 5.41) is 12.7. The molecule has 0 unspecified atom stereocenters. The van der Waals surface area contributed by atoms with Crippen LogP contribution in [0, 0.1) is 0 Å². The number of hydrogen-bond acceptors (Lipinski definition) is 4. The standard InChI is InChI=1S/C11H16N2O3S/c1-12-9-5-4-6-10(11(9)14)17(15,16)13-7-2-3-8-13/h4-6,12,14H,2-3,7-8H2,1H3. The number of para-hydroxylation sites is 1. The summed E-state index contributed by atoms with van der Waals surface area (Å²) < 4.78 is 25.9. The van der Waals surface area contributed by atoms with E-state index in [9.17, 15) is 13.5 Å². The predicted molar refractivity (Wildman–Crippen MR) is 65.6 cm³/mol. The normalized spacial score (nSPS) is 17.2. The Morgan fingerprint density at radius 1 is 1.29 bits per heavy atom. The first kappa shape index (κ1) is 12.2. The second-order valence-electron chi connectivity index (χ2n) is 4.01. The average Bonchev–Trinajstić information content (AvgIpc) is 2.83. The Bertz CT molecular complexity index is 507. The number of nitrogens with zero attached hydrogens (tertiary/aromatic N) is 1. The number of nitrogens with one attached hydrogen (secondary N) is 1. The summed E-state index contributed by atoms with van der Waals surface area (Å²) in [6, 6.07) is 4.69. The summed E-state index contributed by atoms with van der Waals surface area (Å²) in [5.41, 5.74) is 0.422. The summed E-state index contributed by atoms with van der Waals surface area (Å²) in [6.45, 7) is 1.07. The molecule has 1 aromatic rings. The molecule has 1 aliphatic rings. The minimum Gasteiger partial charge on any atom is -0.504 e. The molecule has 1 fully saturated rings. The Kier molecular flexibility index (Phi) is 3.26. The van der Waals surface area contributed by atoms with Gasteiger partial charge in [-0.3, -0.25) is 0 Å². The van der Waals surface area contributed by atoms with Gasteiger partial charge in [-0.05, 0) is 25.0 Å². The molecule has 0 amide bonds. The summed E-state index contributed by atoms with van der Waals surface area (Å²) in [7, 11) is -1.92. The molecule has 0 radical (unpaired) electrons. The van der Waals surface area contributed by atoms with Gasteiger partial charge in [-0.1, -0.05) is 6.07 Å². The molecule has 1 saturated heterocycles. The number of aromatic hydroxyl groups is 1. The van der Waals surface area contributed by atoms with Gasteiger partial charge in [0.05, 0.1) is 5.69 Å². The predicted octanol–water partition coefficient (Wildman–Crippen LogP) is 1.22. The van der Waals surface area contributed by atoms with Crippen molar-refractivity contribution in [1.29, 1.82) is 0 Å². The van der Waals surface area contributed by atoms with Crippen LogP contribution in [0.2, 0.25) is 0 Å². The van der Waals surface area contributed by atoms with E-state index in [4.69, 9.17) is 0 Å². The van der Waals surface area contributed by atoms with Crippen molar-refractivity contribution in [3.63, 3.8) is 0 Å². The molecule has 0 aromatic heterocycles. The van der Waals surface area contributed by atoms with Crippen LogP contribution in [0.3, 0.4) is 0 Å². The van der Waals surface area contributed by atoms with Crippen molar-refractivity contribution >= 4 is 15.7 Å². The largest absolute Gasteiger partial charge is 0.504 e. The van der Waals surface area contributed by atoms with E-state index in [0.717, 1.165) is 12.8 Å². The summed E-state index contributed by atoms with van der Waals surface area (Å²) in [6.07, 6.45) is 1.76. The fraction of sp³-hybridized carbons (Fsp3) is 0.455. The van der Waals surface area contributed by atoms with E-state index in [1.165, 1.54) is 10.4 Å². The Balaban J connectivity index is 2.46. The van der Waals surface area contributed by atoms with Gasteiger partial charge >= 0.3 is 0 Å². The maximum Gasteiger partial charge on any atom is 0.246 e. The Morgan fingerprint density at radius 2 is 1.94 bits per heavy atom. The van der Waals surface area contributed by atoms with Gasteiger partial charge in [-0.25, -0.2) is 8.42 Å². The van der Waals surface area contributed by atoms with E-state index in [0.29, 0.717) is 18.8 Å². The number of sulfonamides is 1. The minimum atomic E-state index is -3.56. The molecule has 1 heterocycles. The lowest BCUT2D eigenvalue weighted by molar-refractivity contribution is 0.445. The van der Waals surface area contributed by atoms with Crippen LogP contribution < -0.4 is 5.32 Å². The second-order valence-corrected chi connectivity index (χ2v) is 5.92. The lowest BCUT2D eigenvalue weighted by Gasteiger charge is -2.17. The van der Waals surface area contributed by atoms with Crippen molar-refractivity contribution < 1.29 is 13.5 Å². The molecule has 17 heavy (non-hydrogen) atoms. The van der Waals surface area contributed by atoms with Gasteiger partial charge in [-0.15, -0.1) is 0 Å². The number of phenols is 1. The van der Waals surface area contributed by atoms with E-state index in [1.54, 1.807) is 19.2 Å². The van der Waals surface area contributed by atoms with Crippen LogP contribution in [0.4, 0.5) is 5.69 Å². The third kappa shape index (κ3) is 2.10. The molecule has 0 bridgehead atoms. The molecule has 0 atom stereocenters. The molecule has 94 valence electrons. The highest BCUT2D eigenvalue weighted by Gasteiger charge is 2.30. The molecule has 0 aliphatic carbocycles. The van der Waals surface area contributed by atoms with E-state index in [2.05, 4.69) is 5.32 Å². The summed E-state index contributed by atoms with van der Waals surface area (Å²) in [4.78, 5) is -0.0220. The van der Waals surface area contributed by atoms with Gasteiger partial charge in [0.2, 0.25) is 10.0 Å². The zero-order valence-corrected chi connectivity index (χ0v) is 10.5. The molecule has 1 aromatic carbocycles. The lowest BCUT2D eigenvalue weighted by Crippen LogP contribution is -2.27. The molecule has 2 N–H and O–H groups in total. The minimum absolute atomic E-state index is 0.0220. The molecule has 5 nitrogen and oxygen atoms in total. The highest BCUT2D eigenvalue weighted by Crippen LogP contribution is 2.33. The van der Waals surface area contributed by atoms with Crippen LogP contribution in [0.5, 0.6) is 5.75 Å². The van der Waals surface area contributed by atoms with Crippen molar-refractivity contribution in [3.8, 4) is 5.75 Å². The third-order valence-electron chi connectivity index (χ3n) is 2.95. The molecule has 0 saturated carbocycles. The lowest BCUT2D eigenvalue weighted by atomic mass is 10.3. The Labute approximate surface area is 101 Å². The Hall–Kier alpha value is -1.27. The maximum absolute atomic E-state index is 12.3. The van der Waals surface area contributed by atoms with E-state index >= 15 is 0 Å². The van der Waals surface area contributed by atoms with Gasteiger partial charge < -0.3 is 10.4 Å². The van der Waals surface area contributed by atoms with Gasteiger partial charge in [0.25, 0.3) is 0 Å². The van der Waals surface area contributed by atoms with Gasteiger partial charge in [0.1, 0.15) is 4.90 Å². The van der Waals surface area contributed by atoms with Crippen molar-refractivity contribution in [2.45, 2.75) is 17.7 Å². The molecule has 1 aliphatic heterocycles. The van der Waals surface area contributed by atoms with Gasteiger partial charge in [0.15, 0.2) is 5.75 Å². The average molecular weight is 256 g/mol.